The molecule has 0 aliphatic carbocycles. The molecule has 0 atom stereocenters. The number of fused-ring (bicyclic) bond motifs is 1. The fraction of sp³-hybridized carbons (Fsp3) is 0.231. The summed E-state index contributed by atoms with van der Waals surface area (Å²) < 4.78 is 0. The summed E-state index contributed by atoms with van der Waals surface area (Å²) in [6.45, 7) is -0.429. The fourth-order valence-corrected chi connectivity index (χ4v) is 1.98. The van der Waals surface area contributed by atoms with Crippen LogP contribution in [0.25, 0.3) is 10.8 Å². The predicted molar refractivity (Wildman–Crippen MR) is 67.5 cm³/mol. The molecule has 2 N–H and O–H groups in total. The van der Waals surface area contributed by atoms with Crippen molar-refractivity contribution in [3.8, 4) is 0 Å². The van der Waals surface area contributed by atoms with Crippen molar-refractivity contribution in [2.24, 2.45) is 0 Å². The van der Waals surface area contributed by atoms with E-state index >= 15 is 0 Å². The summed E-state index contributed by atoms with van der Waals surface area (Å²) in [6.07, 6.45) is 1.03. The van der Waals surface area contributed by atoms with Crippen LogP contribution in [0.3, 0.4) is 0 Å². The van der Waals surface area contributed by atoms with Gasteiger partial charge in [-0.3, -0.25) is 0 Å². The lowest BCUT2D eigenvalue weighted by Gasteiger charge is -2.08. The van der Waals surface area contributed by atoms with E-state index in [-0.39, 0.29) is 6.61 Å². The standard InChI is InChI=1S/C13H15BO2/c15-9-8-14(16)10-12-6-3-5-11-4-1-2-7-13(11)12/h1-7,15-16H,8-10H2. The second-order valence-corrected chi connectivity index (χ2v) is 4.01. The third-order valence-corrected chi connectivity index (χ3v) is 2.80. The maximum absolute atomic E-state index is 9.70. The van der Waals surface area contributed by atoms with E-state index in [0.717, 1.165) is 5.56 Å². The normalized spacial score (nSPS) is 10.6. The fourth-order valence-electron chi connectivity index (χ4n) is 1.98. The summed E-state index contributed by atoms with van der Waals surface area (Å²) >= 11 is 0. The van der Waals surface area contributed by atoms with E-state index in [4.69, 9.17) is 5.11 Å². The van der Waals surface area contributed by atoms with Crippen LogP contribution in [0.2, 0.25) is 6.32 Å². The molecule has 82 valence electrons. The van der Waals surface area contributed by atoms with Gasteiger partial charge in [-0.1, -0.05) is 42.5 Å². The van der Waals surface area contributed by atoms with E-state index < -0.39 is 6.92 Å². The maximum Gasteiger partial charge on any atom is 0.295 e. The van der Waals surface area contributed by atoms with Crippen LogP contribution in [0.1, 0.15) is 5.56 Å². The van der Waals surface area contributed by atoms with Crippen LogP contribution >= 0.6 is 0 Å². The Morgan fingerprint density at radius 2 is 1.75 bits per heavy atom. The highest BCUT2D eigenvalue weighted by atomic mass is 16.3. The molecule has 0 bridgehead atoms. The molecule has 2 nitrogen and oxygen atoms in total. The van der Waals surface area contributed by atoms with E-state index in [0.29, 0.717) is 12.6 Å². The Labute approximate surface area is 95.7 Å². The van der Waals surface area contributed by atoms with Gasteiger partial charge in [0.15, 0.2) is 0 Å². The van der Waals surface area contributed by atoms with Crippen molar-refractivity contribution >= 4 is 17.7 Å². The molecular formula is C13H15BO2. The summed E-state index contributed by atoms with van der Waals surface area (Å²) in [5.41, 5.74) is 1.14. The van der Waals surface area contributed by atoms with E-state index in [9.17, 15) is 5.02 Å². The molecule has 16 heavy (non-hydrogen) atoms. The zero-order chi connectivity index (χ0) is 11.4. The van der Waals surface area contributed by atoms with Crippen LogP contribution in [0.5, 0.6) is 0 Å². The minimum Gasteiger partial charge on any atom is -0.450 e. The molecule has 3 heteroatoms. The molecule has 0 radical (unpaired) electrons. The minimum absolute atomic E-state index is 0.0337. The van der Waals surface area contributed by atoms with Gasteiger partial charge in [-0.25, -0.2) is 0 Å². The molecule has 0 amide bonds. The Morgan fingerprint density at radius 1 is 1.00 bits per heavy atom. The van der Waals surface area contributed by atoms with Gasteiger partial charge in [0.2, 0.25) is 0 Å². The predicted octanol–water partition coefficient (Wildman–Crippen LogP) is 1.90. The summed E-state index contributed by atoms with van der Waals surface area (Å²) in [6, 6.07) is 14.2. The van der Waals surface area contributed by atoms with Crippen LogP contribution in [-0.2, 0) is 6.32 Å². The molecule has 0 aliphatic heterocycles. The van der Waals surface area contributed by atoms with Crippen molar-refractivity contribution in [3.05, 3.63) is 48.0 Å². The van der Waals surface area contributed by atoms with Crippen LogP contribution in [0.4, 0.5) is 0 Å². The van der Waals surface area contributed by atoms with E-state index in [1.54, 1.807) is 0 Å². The van der Waals surface area contributed by atoms with Gasteiger partial charge in [-0.15, -0.1) is 0 Å². The SMILES string of the molecule is OCCB(O)Cc1cccc2ccccc12. The number of benzene rings is 2. The Morgan fingerprint density at radius 3 is 2.56 bits per heavy atom. The van der Waals surface area contributed by atoms with Gasteiger partial charge in [0.05, 0.1) is 0 Å². The first kappa shape index (κ1) is 11.2. The third kappa shape index (κ3) is 2.43. The average Bonchev–Trinajstić information content (AvgIpc) is 2.30. The van der Waals surface area contributed by atoms with Crippen LogP contribution < -0.4 is 0 Å². The summed E-state index contributed by atoms with van der Waals surface area (Å²) in [4.78, 5) is 0. The lowest BCUT2D eigenvalue weighted by molar-refractivity contribution is 0.312. The second kappa shape index (κ2) is 5.15. The highest BCUT2D eigenvalue weighted by molar-refractivity contribution is 6.50. The number of aliphatic hydroxyl groups excluding tert-OH is 1. The minimum atomic E-state index is -0.462. The number of hydrogen-bond donors (Lipinski definition) is 2. The number of rotatable bonds is 4. The van der Waals surface area contributed by atoms with Crippen LogP contribution in [-0.4, -0.2) is 23.7 Å². The van der Waals surface area contributed by atoms with Crippen molar-refractivity contribution in [1.82, 2.24) is 0 Å². The average molecular weight is 214 g/mol. The molecule has 2 aromatic rings. The van der Waals surface area contributed by atoms with Gasteiger partial charge in [-0.05, 0) is 29.0 Å². The molecule has 2 rings (SSSR count). The Kier molecular flexibility index (Phi) is 3.60. The van der Waals surface area contributed by atoms with E-state index in [1.807, 2.05) is 24.3 Å². The van der Waals surface area contributed by atoms with Gasteiger partial charge in [0.25, 0.3) is 6.92 Å². The van der Waals surface area contributed by atoms with Crippen molar-refractivity contribution in [3.63, 3.8) is 0 Å². The molecule has 0 saturated heterocycles. The first-order valence-electron chi connectivity index (χ1n) is 5.57. The molecule has 0 saturated carbocycles. The largest absolute Gasteiger partial charge is 0.450 e. The Hall–Kier alpha value is -1.32. The zero-order valence-corrected chi connectivity index (χ0v) is 9.13. The highest BCUT2D eigenvalue weighted by Gasteiger charge is 2.12. The van der Waals surface area contributed by atoms with Gasteiger partial charge < -0.3 is 10.1 Å². The molecule has 0 aromatic heterocycles. The monoisotopic (exact) mass is 214 g/mol. The smallest absolute Gasteiger partial charge is 0.295 e. The highest BCUT2D eigenvalue weighted by Crippen LogP contribution is 2.19. The van der Waals surface area contributed by atoms with Crippen LogP contribution in [0, 0.1) is 0 Å². The van der Waals surface area contributed by atoms with E-state index in [1.165, 1.54) is 10.8 Å². The number of hydrogen-bond acceptors (Lipinski definition) is 2. The molecule has 0 aliphatic rings. The molecule has 0 spiro atoms. The second-order valence-electron chi connectivity index (χ2n) is 4.01. The van der Waals surface area contributed by atoms with Crippen molar-refractivity contribution < 1.29 is 10.1 Å². The Bertz CT molecular complexity index is 465. The van der Waals surface area contributed by atoms with Gasteiger partial charge in [0.1, 0.15) is 0 Å². The lowest BCUT2D eigenvalue weighted by Crippen LogP contribution is -2.17. The quantitative estimate of drug-likeness (QED) is 0.763. The molecule has 0 unspecified atom stereocenters. The number of aliphatic hydroxyl groups is 1. The van der Waals surface area contributed by atoms with E-state index in [2.05, 4.69) is 18.2 Å². The van der Waals surface area contributed by atoms with Gasteiger partial charge >= 0.3 is 0 Å². The zero-order valence-electron chi connectivity index (χ0n) is 9.13. The van der Waals surface area contributed by atoms with Crippen molar-refractivity contribution in [1.29, 1.82) is 0 Å². The third-order valence-electron chi connectivity index (χ3n) is 2.80. The molecule has 2 aromatic carbocycles. The van der Waals surface area contributed by atoms with Crippen molar-refractivity contribution in [2.45, 2.75) is 12.6 Å². The van der Waals surface area contributed by atoms with Crippen molar-refractivity contribution in [2.75, 3.05) is 6.61 Å². The van der Waals surface area contributed by atoms with Gasteiger partial charge in [-0.2, -0.15) is 0 Å². The summed E-state index contributed by atoms with van der Waals surface area (Å²) in [5.74, 6) is 0. The molecule has 0 fully saturated rings. The summed E-state index contributed by atoms with van der Waals surface area (Å²) in [5, 5.41) is 20.8. The topological polar surface area (TPSA) is 40.5 Å². The lowest BCUT2D eigenvalue weighted by atomic mass is 9.60. The molecular weight excluding hydrogens is 199 g/mol. The first-order chi connectivity index (χ1) is 7.81. The van der Waals surface area contributed by atoms with Crippen LogP contribution in [0.15, 0.2) is 42.5 Å². The van der Waals surface area contributed by atoms with Gasteiger partial charge in [0, 0.05) is 6.61 Å². The summed E-state index contributed by atoms with van der Waals surface area (Å²) in [7, 11) is 0. The maximum atomic E-state index is 9.70. The first-order valence-corrected chi connectivity index (χ1v) is 5.57. The Balaban J connectivity index is 2.30. The molecule has 0 heterocycles.